The third-order valence-electron chi connectivity index (χ3n) is 14.5. The first kappa shape index (κ1) is 50.6. The number of halogens is 9. The zero-order valence-corrected chi connectivity index (χ0v) is 42.4. The second kappa shape index (κ2) is 19.2. The Bertz CT molecular complexity index is 4530. The Kier molecular flexibility index (Phi) is 12.0. The third-order valence-corrected chi connectivity index (χ3v) is 14.5. The molecule has 0 aliphatic carbocycles. The number of rotatable bonds is 8. The van der Waals surface area contributed by atoms with Crippen molar-refractivity contribution in [3.8, 4) is 79.0 Å². The van der Waals surface area contributed by atoms with Gasteiger partial charge in [0.1, 0.15) is 0 Å². The molecule has 4 aromatic heterocycles. The van der Waals surface area contributed by atoms with Crippen molar-refractivity contribution in [1.29, 1.82) is 0 Å². The normalized spacial score (nSPS) is 12.3. The van der Waals surface area contributed by atoms with Gasteiger partial charge in [0.05, 0.1) is 55.8 Å². The Morgan fingerprint density at radius 1 is 0.321 bits per heavy atom. The summed E-state index contributed by atoms with van der Waals surface area (Å²) in [4.78, 5) is 20.2. The first-order chi connectivity index (χ1) is 38.9. The molecule has 0 unspecified atom stereocenters. The molecule has 0 radical (unpaired) electrons. The molecule has 13 rings (SSSR count). The minimum absolute atomic E-state index is 0.115. The lowest BCUT2D eigenvalue weighted by atomic mass is 9.97. The van der Waals surface area contributed by atoms with Crippen LogP contribution in [-0.4, -0.2) is 29.1 Å². The average Bonchev–Trinajstić information content (AvgIpc) is 3.57. The van der Waals surface area contributed by atoms with Crippen LogP contribution in [0.1, 0.15) is 22.3 Å². The summed E-state index contributed by atoms with van der Waals surface area (Å²) in [5.41, 5.74) is 4.91. The molecule has 0 bridgehead atoms. The van der Waals surface area contributed by atoms with Gasteiger partial charge in [-0.3, -0.25) is 4.98 Å². The molecular formula is C66H39F9N6. The van der Waals surface area contributed by atoms with Crippen LogP contribution in [0.15, 0.2) is 219 Å². The molecule has 15 heteroatoms. The van der Waals surface area contributed by atoms with Crippen molar-refractivity contribution in [2.75, 3.05) is 0 Å². The van der Waals surface area contributed by atoms with Crippen molar-refractivity contribution in [2.24, 2.45) is 0 Å². The van der Waals surface area contributed by atoms with Crippen molar-refractivity contribution in [2.45, 2.75) is 25.5 Å². The number of benzene rings is 9. The zero-order valence-electron chi connectivity index (χ0n) is 42.4. The van der Waals surface area contributed by atoms with E-state index in [9.17, 15) is 39.5 Å². The average molecular weight is 1090 g/mol. The third kappa shape index (κ3) is 9.19. The largest absolute Gasteiger partial charge is 0.416 e. The molecule has 0 saturated heterocycles. The van der Waals surface area contributed by atoms with E-state index < -0.39 is 35.2 Å². The molecule has 81 heavy (non-hydrogen) atoms. The lowest BCUT2D eigenvalue weighted by molar-refractivity contribution is -0.143. The number of aryl methyl sites for hydroxylation is 1. The van der Waals surface area contributed by atoms with E-state index in [-0.39, 0.29) is 17.2 Å². The lowest BCUT2D eigenvalue weighted by Crippen LogP contribution is -2.11. The molecule has 0 aliphatic rings. The van der Waals surface area contributed by atoms with Crippen LogP contribution in [0.4, 0.5) is 39.5 Å². The SMILES string of the molecule is Cc1cc(-c2ccc3c(c2)c2ccccc2n3-c2ccc(-c3nc(-c4ccccc4)nc(-c4ccccc4)n3)cc2-c2ncccc2-n2c3ccccc3c3cc(-c4cc(C(F)(F)F)cc(C(F)(F)F)c4)ccc32)cc(C(F)(F)F)c1. The summed E-state index contributed by atoms with van der Waals surface area (Å²) >= 11 is 0. The number of pyridine rings is 1. The molecule has 0 amide bonds. The van der Waals surface area contributed by atoms with E-state index in [4.69, 9.17) is 19.9 Å². The number of hydrogen-bond donors (Lipinski definition) is 0. The van der Waals surface area contributed by atoms with E-state index in [0.29, 0.717) is 84.2 Å². The Balaban J connectivity index is 1.06. The van der Waals surface area contributed by atoms with Gasteiger partial charge in [-0.05, 0) is 132 Å². The van der Waals surface area contributed by atoms with E-state index in [1.165, 1.54) is 6.07 Å². The van der Waals surface area contributed by atoms with Gasteiger partial charge in [0.15, 0.2) is 17.5 Å². The Hall–Kier alpha value is -9.89. The van der Waals surface area contributed by atoms with Crippen LogP contribution in [0.25, 0.3) is 123 Å². The van der Waals surface area contributed by atoms with E-state index in [0.717, 1.165) is 57.2 Å². The highest BCUT2D eigenvalue weighted by Gasteiger charge is 2.37. The molecule has 0 N–H and O–H groups in total. The number of alkyl halides is 9. The second-order valence-electron chi connectivity index (χ2n) is 19.7. The fraction of sp³-hybridized carbons (Fsp3) is 0.0606. The van der Waals surface area contributed by atoms with Gasteiger partial charge in [0.25, 0.3) is 0 Å². The van der Waals surface area contributed by atoms with Gasteiger partial charge in [-0.25, -0.2) is 15.0 Å². The fourth-order valence-electron chi connectivity index (χ4n) is 10.8. The zero-order chi connectivity index (χ0) is 56.0. The first-order valence-electron chi connectivity index (χ1n) is 25.5. The number of nitrogens with zero attached hydrogens (tertiary/aromatic N) is 6. The van der Waals surface area contributed by atoms with Crippen LogP contribution < -0.4 is 0 Å². The Labute approximate surface area is 455 Å². The Morgan fingerprint density at radius 2 is 0.753 bits per heavy atom. The quantitative estimate of drug-likeness (QED) is 0.142. The summed E-state index contributed by atoms with van der Waals surface area (Å²) in [5, 5.41) is 2.82. The lowest BCUT2D eigenvalue weighted by Gasteiger charge is -2.19. The molecule has 396 valence electrons. The molecule has 0 saturated carbocycles. The van der Waals surface area contributed by atoms with E-state index in [1.807, 2.05) is 150 Å². The van der Waals surface area contributed by atoms with Crippen LogP contribution in [-0.2, 0) is 18.5 Å². The number of para-hydroxylation sites is 2. The highest BCUT2D eigenvalue weighted by Crippen LogP contribution is 2.45. The van der Waals surface area contributed by atoms with Crippen molar-refractivity contribution in [3.63, 3.8) is 0 Å². The van der Waals surface area contributed by atoms with Gasteiger partial charge in [-0.2, -0.15) is 39.5 Å². The standard InChI is InChI=1S/C66H39F9N6/c1-38-29-44(31-46(30-38)64(67,68)69)41-22-25-56-51(34-41)49-17-8-10-19-54(49)80(56)58-27-24-43(63-78-61(39-13-4-2-5-14-39)77-62(79-63)40-15-6-3-7-16-40)36-53(58)60-59(21-12-28-76-60)81-55-20-11-9-18-50(55)52-35-42(23-26-57(52)81)45-32-47(65(70,71)72)37-48(33-45)66(73,74)75/h2-37H,1H3. The summed E-state index contributed by atoms with van der Waals surface area (Å²) in [7, 11) is 0. The Morgan fingerprint density at radius 3 is 1.27 bits per heavy atom. The van der Waals surface area contributed by atoms with Gasteiger partial charge < -0.3 is 9.13 Å². The molecule has 9 aromatic carbocycles. The molecule has 13 aromatic rings. The predicted molar refractivity (Wildman–Crippen MR) is 299 cm³/mol. The summed E-state index contributed by atoms with van der Waals surface area (Å²) in [6.07, 6.45) is -13.0. The van der Waals surface area contributed by atoms with Crippen molar-refractivity contribution in [3.05, 3.63) is 241 Å². The monoisotopic (exact) mass is 1090 g/mol. The van der Waals surface area contributed by atoms with Gasteiger partial charge in [-0.15, -0.1) is 0 Å². The van der Waals surface area contributed by atoms with Gasteiger partial charge in [0.2, 0.25) is 0 Å². The fourth-order valence-corrected chi connectivity index (χ4v) is 10.8. The van der Waals surface area contributed by atoms with Crippen LogP contribution in [0, 0.1) is 6.92 Å². The molecule has 0 fully saturated rings. The number of hydrogen-bond acceptors (Lipinski definition) is 4. The van der Waals surface area contributed by atoms with Crippen LogP contribution >= 0.6 is 0 Å². The van der Waals surface area contributed by atoms with Crippen molar-refractivity contribution < 1.29 is 39.5 Å². The van der Waals surface area contributed by atoms with Crippen molar-refractivity contribution >= 4 is 43.6 Å². The summed E-state index contributed by atoms with van der Waals surface area (Å²) in [6.45, 7) is 1.63. The minimum atomic E-state index is -5.05. The molecule has 0 aliphatic heterocycles. The first-order valence-corrected chi connectivity index (χ1v) is 25.5. The van der Waals surface area contributed by atoms with Crippen molar-refractivity contribution in [1.82, 2.24) is 29.1 Å². The summed E-state index contributed by atoms with van der Waals surface area (Å²) < 4.78 is 132. The molecule has 0 spiro atoms. The number of fused-ring (bicyclic) bond motifs is 6. The number of aromatic nitrogens is 6. The highest BCUT2D eigenvalue weighted by molar-refractivity contribution is 6.13. The maximum atomic E-state index is 14.2. The maximum Gasteiger partial charge on any atom is 0.416 e. The second-order valence-corrected chi connectivity index (χ2v) is 19.7. The van der Waals surface area contributed by atoms with E-state index in [2.05, 4.69) is 4.57 Å². The van der Waals surface area contributed by atoms with Gasteiger partial charge in [0, 0.05) is 50.0 Å². The summed E-state index contributed by atoms with van der Waals surface area (Å²) in [5.74, 6) is 1.22. The van der Waals surface area contributed by atoms with Gasteiger partial charge in [-0.1, -0.05) is 115 Å². The van der Waals surface area contributed by atoms with Crippen LogP contribution in [0.5, 0.6) is 0 Å². The highest BCUT2D eigenvalue weighted by atomic mass is 19.4. The molecular weight excluding hydrogens is 1050 g/mol. The molecule has 6 nitrogen and oxygen atoms in total. The minimum Gasteiger partial charge on any atom is -0.309 e. The molecule has 0 atom stereocenters. The van der Waals surface area contributed by atoms with E-state index >= 15 is 0 Å². The topological polar surface area (TPSA) is 61.4 Å². The predicted octanol–water partition coefficient (Wildman–Crippen LogP) is 18.8. The van der Waals surface area contributed by atoms with Crippen LogP contribution in [0.3, 0.4) is 0 Å². The van der Waals surface area contributed by atoms with Crippen LogP contribution in [0.2, 0.25) is 0 Å². The molecule has 4 heterocycles. The van der Waals surface area contributed by atoms with Gasteiger partial charge >= 0.3 is 18.5 Å². The summed E-state index contributed by atoms with van der Waals surface area (Å²) in [6, 6.07) is 59.7. The smallest absolute Gasteiger partial charge is 0.309 e. The maximum absolute atomic E-state index is 14.2. The van der Waals surface area contributed by atoms with E-state index in [1.54, 1.807) is 43.5 Å².